The second-order valence-electron chi connectivity index (χ2n) is 6.82. The summed E-state index contributed by atoms with van der Waals surface area (Å²) < 4.78 is 5.93. The number of aliphatic hydroxyl groups is 1. The van der Waals surface area contributed by atoms with Crippen molar-refractivity contribution in [3.05, 3.63) is 0 Å². The van der Waals surface area contributed by atoms with Crippen LogP contribution in [0.4, 0.5) is 0 Å². The molecule has 0 aromatic heterocycles. The van der Waals surface area contributed by atoms with E-state index in [4.69, 9.17) is 4.74 Å². The van der Waals surface area contributed by atoms with Crippen LogP contribution >= 0.6 is 0 Å². The van der Waals surface area contributed by atoms with Gasteiger partial charge in [-0.15, -0.1) is 0 Å². The lowest BCUT2D eigenvalue weighted by Gasteiger charge is -2.27. The monoisotopic (exact) mass is 297 g/mol. The summed E-state index contributed by atoms with van der Waals surface area (Å²) in [6.45, 7) is 2.53. The van der Waals surface area contributed by atoms with Crippen LogP contribution < -0.4 is 5.32 Å². The summed E-state index contributed by atoms with van der Waals surface area (Å²) in [4.78, 5) is 12.1. The Kier molecular flexibility index (Phi) is 6.97. The average Bonchev–Trinajstić information content (AvgIpc) is 2.73. The van der Waals surface area contributed by atoms with E-state index >= 15 is 0 Å². The van der Waals surface area contributed by atoms with Crippen molar-refractivity contribution in [1.82, 2.24) is 5.32 Å². The zero-order chi connectivity index (χ0) is 15.1. The molecule has 1 amide bonds. The average molecular weight is 297 g/mol. The highest BCUT2D eigenvalue weighted by molar-refractivity contribution is 5.80. The van der Waals surface area contributed by atoms with Crippen LogP contribution in [-0.4, -0.2) is 35.9 Å². The van der Waals surface area contributed by atoms with Gasteiger partial charge in [-0.2, -0.15) is 0 Å². The van der Waals surface area contributed by atoms with Gasteiger partial charge in [0.2, 0.25) is 5.91 Å². The molecule has 3 unspecified atom stereocenters. The van der Waals surface area contributed by atoms with Gasteiger partial charge in [0.15, 0.2) is 0 Å². The largest absolute Gasteiger partial charge is 0.393 e. The predicted molar refractivity (Wildman–Crippen MR) is 83.0 cm³/mol. The molecule has 4 nitrogen and oxygen atoms in total. The first kappa shape index (κ1) is 16.8. The highest BCUT2D eigenvalue weighted by Crippen LogP contribution is 2.24. The normalized spacial score (nSPS) is 29.6. The second kappa shape index (κ2) is 8.74. The Bertz CT molecular complexity index is 313. The molecule has 0 spiro atoms. The van der Waals surface area contributed by atoms with Crippen LogP contribution in [0.3, 0.4) is 0 Å². The van der Waals surface area contributed by atoms with Crippen LogP contribution in [-0.2, 0) is 9.53 Å². The molecule has 122 valence electrons. The van der Waals surface area contributed by atoms with Crippen LogP contribution in [0.2, 0.25) is 0 Å². The molecule has 2 N–H and O–H groups in total. The van der Waals surface area contributed by atoms with Crippen molar-refractivity contribution in [1.29, 1.82) is 0 Å². The van der Waals surface area contributed by atoms with E-state index in [1.807, 2.05) is 6.92 Å². The lowest BCUT2D eigenvalue weighted by molar-refractivity contribution is -0.136. The van der Waals surface area contributed by atoms with E-state index in [1.54, 1.807) is 0 Å². The maximum absolute atomic E-state index is 12.1. The molecule has 0 aromatic carbocycles. The third-order valence-corrected chi connectivity index (χ3v) is 4.89. The van der Waals surface area contributed by atoms with E-state index in [0.717, 1.165) is 38.5 Å². The fourth-order valence-electron chi connectivity index (χ4n) is 3.57. The Balaban J connectivity index is 1.66. The Labute approximate surface area is 128 Å². The number of carbonyl (C=O) groups is 1. The van der Waals surface area contributed by atoms with E-state index in [9.17, 15) is 9.90 Å². The molecule has 2 aliphatic carbocycles. The first-order valence-electron chi connectivity index (χ1n) is 8.76. The van der Waals surface area contributed by atoms with Gasteiger partial charge in [-0.25, -0.2) is 0 Å². The molecule has 2 rings (SSSR count). The number of hydrogen-bond acceptors (Lipinski definition) is 3. The molecule has 0 radical (unpaired) electrons. The van der Waals surface area contributed by atoms with Gasteiger partial charge in [0.1, 0.15) is 6.10 Å². The number of hydrogen-bond donors (Lipinski definition) is 2. The molecule has 0 heterocycles. The molecule has 0 aliphatic heterocycles. The van der Waals surface area contributed by atoms with Crippen molar-refractivity contribution in [3.63, 3.8) is 0 Å². The Morgan fingerprint density at radius 1 is 1.14 bits per heavy atom. The summed E-state index contributed by atoms with van der Waals surface area (Å²) in [6, 6.07) is 0. The van der Waals surface area contributed by atoms with Gasteiger partial charge in [-0.3, -0.25) is 4.79 Å². The van der Waals surface area contributed by atoms with Crippen LogP contribution in [0.1, 0.15) is 71.1 Å². The second-order valence-corrected chi connectivity index (χ2v) is 6.82. The highest BCUT2D eigenvalue weighted by atomic mass is 16.5. The van der Waals surface area contributed by atoms with Gasteiger partial charge in [0, 0.05) is 6.54 Å². The van der Waals surface area contributed by atoms with Gasteiger partial charge in [0.05, 0.1) is 12.2 Å². The summed E-state index contributed by atoms with van der Waals surface area (Å²) >= 11 is 0. The molecule has 3 atom stereocenters. The van der Waals surface area contributed by atoms with Crippen molar-refractivity contribution < 1.29 is 14.6 Å². The predicted octanol–water partition coefficient (Wildman–Crippen LogP) is 2.78. The van der Waals surface area contributed by atoms with Crippen molar-refractivity contribution in [2.24, 2.45) is 5.92 Å². The lowest BCUT2D eigenvalue weighted by atomic mass is 9.87. The van der Waals surface area contributed by atoms with E-state index in [2.05, 4.69) is 5.32 Å². The van der Waals surface area contributed by atoms with Crippen LogP contribution in [0.25, 0.3) is 0 Å². The fourth-order valence-corrected chi connectivity index (χ4v) is 3.57. The van der Waals surface area contributed by atoms with Crippen LogP contribution in [0.5, 0.6) is 0 Å². The maximum atomic E-state index is 12.1. The van der Waals surface area contributed by atoms with E-state index in [1.165, 1.54) is 25.7 Å². The van der Waals surface area contributed by atoms with E-state index in [0.29, 0.717) is 12.5 Å². The van der Waals surface area contributed by atoms with Crippen LogP contribution in [0, 0.1) is 5.92 Å². The summed E-state index contributed by atoms with van der Waals surface area (Å²) in [6.07, 6.45) is 10.8. The van der Waals surface area contributed by atoms with Gasteiger partial charge in [-0.1, -0.05) is 32.1 Å². The summed E-state index contributed by atoms with van der Waals surface area (Å²) in [5.74, 6) is 0.419. The Hall–Kier alpha value is -0.610. The zero-order valence-corrected chi connectivity index (χ0v) is 13.4. The summed E-state index contributed by atoms with van der Waals surface area (Å²) in [7, 11) is 0. The Morgan fingerprint density at radius 3 is 2.52 bits per heavy atom. The third kappa shape index (κ3) is 5.95. The number of amides is 1. The number of rotatable bonds is 5. The van der Waals surface area contributed by atoms with Crippen molar-refractivity contribution >= 4 is 5.91 Å². The quantitative estimate of drug-likeness (QED) is 0.767. The van der Waals surface area contributed by atoms with Gasteiger partial charge >= 0.3 is 0 Å². The fraction of sp³-hybridized carbons (Fsp3) is 0.941. The molecule has 2 aliphatic rings. The number of aliphatic hydroxyl groups excluding tert-OH is 1. The van der Waals surface area contributed by atoms with Gasteiger partial charge < -0.3 is 15.2 Å². The van der Waals surface area contributed by atoms with Crippen molar-refractivity contribution in [2.75, 3.05) is 6.54 Å². The van der Waals surface area contributed by atoms with E-state index < -0.39 is 0 Å². The van der Waals surface area contributed by atoms with Crippen LogP contribution in [0.15, 0.2) is 0 Å². The molecular weight excluding hydrogens is 266 g/mol. The minimum absolute atomic E-state index is 0.000639. The standard InChI is InChI=1S/C17H31NO3/c1-13(21-16-9-4-2-3-5-10-16)17(20)18-12-14-7-6-8-15(19)11-14/h13-16,19H,2-12H2,1H3,(H,18,20). The van der Waals surface area contributed by atoms with Gasteiger partial charge in [0.25, 0.3) is 0 Å². The molecule has 2 fully saturated rings. The summed E-state index contributed by atoms with van der Waals surface area (Å²) in [5, 5.41) is 12.7. The molecule has 4 heteroatoms. The lowest BCUT2D eigenvalue weighted by Crippen LogP contribution is -2.40. The molecule has 0 aromatic rings. The Morgan fingerprint density at radius 2 is 1.86 bits per heavy atom. The molecule has 2 saturated carbocycles. The van der Waals surface area contributed by atoms with Crippen molar-refractivity contribution in [3.8, 4) is 0 Å². The molecular formula is C17H31NO3. The minimum atomic E-state index is -0.360. The smallest absolute Gasteiger partial charge is 0.248 e. The zero-order valence-electron chi connectivity index (χ0n) is 13.4. The number of carbonyl (C=O) groups excluding carboxylic acids is 1. The van der Waals surface area contributed by atoms with Gasteiger partial charge in [-0.05, 0) is 44.9 Å². The topological polar surface area (TPSA) is 58.6 Å². The van der Waals surface area contributed by atoms with Crippen molar-refractivity contribution in [2.45, 2.75) is 89.4 Å². The third-order valence-electron chi connectivity index (χ3n) is 4.89. The SMILES string of the molecule is CC(OC1CCCCCC1)C(=O)NCC1CCCC(O)C1. The molecule has 0 saturated heterocycles. The highest BCUT2D eigenvalue weighted by Gasteiger charge is 2.23. The number of nitrogens with one attached hydrogen (secondary N) is 1. The molecule has 0 bridgehead atoms. The summed E-state index contributed by atoms with van der Waals surface area (Å²) in [5.41, 5.74) is 0. The first-order chi connectivity index (χ1) is 10.1. The minimum Gasteiger partial charge on any atom is -0.393 e. The van der Waals surface area contributed by atoms with E-state index in [-0.39, 0.29) is 24.2 Å². The number of ether oxygens (including phenoxy) is 1. The first-order valence-corrected chi connectivity index (χ1v) is 8.76. The molecule has 21 heavy (non-hydrogen) atoms. The maximum Gasteiger partial charge on any atom is 0.248 e.